The molecule has 2 heterocycles. The monoisotopic (exact) mass is 333 g/mol. The number of ether oxygens (including phenoxy) is 1. The molecule has 0 fully saturated rings. The molecule has 0 amide bonds. The number of halogens is 1. The van der Waals surface area contributed by atoms with Crippen LogP contribution in [0.3, 0.4) is 0 Å². The molecular weight excluding hydrogens is 317 g/mol. The summed E-state index contributed by atoms with van der Waals surface area (Å²) >= 11 is 0. The molecule has 0 saturated heterocycles. The third-order valence-electron chi connectivity index (χ3n) is 4.21. The summed E-state index contributed by atoms with van der Waals surface area (Å²) in [6, 6.07) is 16.1. The summed E-state index contributed by atoms with van der Waals surface area (Å²) in [5, 5.41) is 4.66. The Kier molecular flexibility index (Phi) is 3.69. The number of methoxy groups -OCH3 is 1. The molecule has 124 valence electrons. The van der Waals surface area contributed by atoms with Gasteiger partial charge >= 0.3 is 0 Å². The molecule has 0 aliphatic heterocycles. The van der Waals surface area contributed by atoms with Gasteiger partial charge in [0.15, 0.2) is 5.65 Å². The standard InChI is InChI=1S/C20H16FN3O/c1-13-19(15-3-7-16(21)8-4-15)20-22-12-11-18(24(20)23-13)14-5-9-17(25-2)10-6-14/h3-12H,1-2H3. The molecule has 0 saturated carbocycles. The molecule has 2 aromatic heterocycles. The van der Waals surface area contributed by atoms with E-state index in [2.05, 4.69) is 10.1 Å². The van der Waals surface area contributed by atoms with Crippen molar-refractivity contribution in [2.45, 2.75) is 6.92 Å². The van der Waals surface area contributed by atoms with Crippen LogP contribution in [-0.4, -0.2) is 21.7 Å². The Hall–Kier alpha value is -3.21. The highest BCUT2D eigenvalue weighted by atomic mass is 19.1. The minimum absolute atomic E-state index is 0.259. The highest BCUT2D eigenvalue weighted by Crippen LogP contribution is 2.30. The molecule has 25 heavy (non-hydrogen) atoms. The van der Waals surface area contributed by atoms with Crippen LogP contribution in [0.1, 0.15) is 5.69 Å². The predicted molar refractivity (Wildman–Crippen MR) is 95.1 cm³/mol. The van der Waals surface area contributed by atoms with Gasteiger partial charge in [0.25, 0.3) is 0 Å². The molecule has 2 aromatic carbocycles. The second-order valence-corrected chi connectivity index (χ2v) is 5.76. The third-order valence-corrected chi connectivity index (χ3v) is 4.21. The lowest BCUT2D eigenvalue weighted by molar-refractivity contribution is 0.415. The van der Waals surface area contributed by atoms with Crippen molar-refractivity contribution in [3.05, 3.63) is 72.3 Å². The highest BCUT2D eigenvalue weighted by molar-refractivity contribution is 5.81. The summed E-state index contributed by atoms with van der Waals surface area (Å²) in [5.41, 5.74) is 5.35. The quantitative estimate of drug-likeness (QED) is 0.553. The van der Waals surface area contributed by atoms with Crippen molar-refractivity contribution in [2.24, 2.45) is 0 Å². The lowest BCUT2D eigenvalue weighted by atomic mass is 10.1. The van der Waals surface area contributed by atoms with Crippen molar-refractivity contribution in [1.82, 2.24) is 14.6 Å². The summed E-state index contributed by atoms with van der Waals surface area (Å²) < 4.78 is 20.3. The fourth-order valence-corrected chi connectivity index (χ4v) is 2.99. The van der Waals surface area contributed by atoms with E-state index >= 15 is 0 Å². The van der Waals surface area contributed by atoms with Gasteiger partial charge < -0.3 is 4.74 Å². The molecule has 4 rings (SSSR count). The topological polar surface area (TPSA) is 39.4 Å². The van der Waals surface area contributed by atoms with Gasteiger partial charge in [0, 0.05) is 17.3 Å². The minimum atomic E-state index is -0.259. The molecule has 4 nitrogen and oxygen atoms in total. The van der Waals surface area contributed by atoms with Crippen LogP contribution in [0.15, 0.2) is 60.8 Å². The maximum atomic E-state index is 13.2. The van der Waals surface area contributed by atoms with E-state index in [1.165, 1.54) is 12.1 Å². The highest BCUT2D eigenvalue weighted by Gasteiger charge is 2.15. The Morgan fingerprint density at radius 1 is 0.920 bits per heavy atom. The summed E-state index contributed by atoms with van der Waals surface area (Å²) in [5.74, 6) is 0.544. The predicted octanol–water partition coefficient (Wildman–Crippen LogP) is 4.52. The molecule has 4 aromatic rings. The molecule has 0 radical (unpaired) electrons. The number of fused-ring (bicyclic) bond motifs is 1. The fraction of sp³-hybridized carbons (Fsp3) is 0.100. The number of benzene rings is 2. The number of aromatic nitrogens is 3. The van der Waals surface area contributed by atoms with Gasteiger partial charge in [-0.3, -0.25) is 0 Å². The summed E-state index contributed by atoms with van der Waals surface area (Å²) in [4.78, 5) is 4.50. The zero-order valence-corrected chi connectivity index (χ0v) is 13.9. The van der Waals surface area contributed by atoms with Crippen LogP contribution in [0.2, 0.25) is 0 Å². The molecule has 0 bridgehead atoms. The lowest BCUT2D eigenvalue weighted by Gasteiger charge is -2.06. The SMILES string of the molecule is COc1ccc(-c2ccnc3c(-c4ccc(F)cc4)c(C)nn23)cc1. The molecule has 0 aliphatic rings. The average molecular weight is 333 g/mol. The molecule has 0 unspecified atom stereocenters. The first kappa shape index (κ1) is 15.3. The van der Waals surface area contributed by atoms with E-state index in [1.54, 1.807) is 25.4 Å². The van der Waals surface area contributed by atoms with Crippen LogP contribution >= 0.6 is 0 Å². The van der Waals surface area contributed by atoms with E-state index in [0.717, 1.165) is 39.5 Å². The Morgan fingerprint density at radius 3 is 2.28 bits per heavy atom. The Morgan fingerprint density at radius 2 is 1.60 bits per heavy atom. The second kappa shape index (κ2) is 6.02. The van der Waals surface area contributed by atoms with Crippen LogP contribution in [0.25, 0.3) is 28.0 Å². The Balaban J connectivity index is 1.91. The van der Waals surface area contributed by atoms with Crippen molar-refractivity contribution in [3.8, 4) is 28.1 Å². The summed E-state index contributed by atoms with van der Waals surface area (Å²) in [6.45, 7) is 1.94. The van der Waals surface area contributed by atoms with Gasteiger partial charge in [0.2, 0.25) is 0 Å². The first-order chi connectivity index (χ1) is 12.2. The van der Waals surface area contributed by atoms with Crippen molar-refractivity contribution in [2.75, 3.05) is 7.11 Å². The maximum Gasteiger partial charge on any atom is 0.163 e. The summed E-state index contributed by atoms with van der Waals surface area (Å²) in [6.07, 6.45) is 1.77. The Bertz CT molecular complexity index is 1040. The smallest absolute Gasteiger partial charge is 0.163 e. The minimum Gasteiger partial charge on any atom is -0.497 e. The number of hydrogen-bond donors (Lipinski definition) is 0. The van der Waals surface area contributed by atoms with Crippen molar-refractivity contribution < 1.29 is 9.13 Å². The molecular formula is C20H16FN3O. The second-order valence-electron chi connectivity index (χ2n) is 5.76. The van der Waals surface area contributed by atoms with Crippen LogP contribution in [-0.2, 0) is 0 Å². The van der Waals surface area contributed by atoms with Gasteiger partial charge in [-0.1, -0.05) is 12.1 Å². The van der Waals surface area contributed by atoms with Crippen LogP contribution in [0.4, 0.5) is 4.39 Å². The summed E-state index contributed by atoms with van der Waals surface area (Å²) in [7, 11) is 1.64. The van der Waals surface area contributed by atoms with Gasteiger partial charge in [-0.05, 0) is 55.0 Å². The number of rotatable bonds is 3. The lowest BCUT2D eigenvalue weighted by Crippen LogP contribution is -1.96. The van der Waals surface area contributed by atoms with Crippen LogP contribution in [0.5, 0.6) is 5.75 Å². The first-order valence-corrected chi connectivity index (χ1v) is 7.92. The zero-order valence-electron chi connectivity index (χ0n) is 13.9. The van der Waals surface area contributed by atoms with Crippen molar-refractivity contribution in [3.63, 3.8) is 0 Å². The van der Waals surface area contributed by atoms with Crippen molar-refractivity contribution in [1.29, 1.82) is 0 Å². The molecule has 0 aliphatic carbocycles. The van der Waals surface area contributed by atoms with Gasteiger partial charge in [0.05, 0.1) is 18.5 Å². The molecule has 0 atom stereocenters. The van der Waals surface area contributed by atoms with Gasteiger partial charge in [0.1, 0.15) is 11.6 Å². The Labute approximate surface area is 144 Å². The molecule has 0 N–H and O–H groups in total. The van der Waals surface area contributed by atoms with E-state index in [0.29, 0.717) is 0 Å². The number of aryl methyl sites for hydroxylation is 1. The van der Waals surface area contributed by atoms with Gasteiger partial charge in [-0.2, -0.15) is 5.10 Å². The van der Waals surface area contributed by atoms with Crippen LogP contribution in [0, 0.1) is 12.7 Å². The first-order valence-electron chi connectivity index (χ1n) is 7.92. The molecule has 5 heteroatoms. The van der Waals surface area contributed by atoms with Crippen LogP contribution < -0.4 is 4.74 Å². The number of nitrogens with zero attached hydrogens (tertiary/aromatic N) is 3. The maximum absolute atomic E-state index is 13.2. The molecule has 0 spiro atoms. The van der Waals surface area contributed by atoms with E-state index in [4.69, 9.17) is 4.74 Å². The van der Waals surface area contributed by atoms with E-state index in [1.807, 2.05) is 41.8 Å². The van der Waals surface area contributed by atoms with E-state index in [9.17, 15) is 4.39 Å². The average Bonchev–Trinajstić information content (AvgIpc) is 2.98. The zero-order chi connectivity index (χ0) is 17.4. The van der Waals surface area contributed by atoms with Gasteiger partial charge in [-0.25, -0.2) is 13.9 Å². The largest absolute Gasteiger partial charge is 0.497 e. The fourth-order valence-electron chi connectivity index (χ4n) is 2.99. The third kappa shape index (κ3) is 2.63. The van der Waals surface area contributed by atoms with E-state index in [-0.39, 0.29) is 5.82 Å². The number of hydrogen-bond acceptors (Lipinski definition) is 3. The van der Waals surface area contributed by atoms with Crippen molar-refractivity contribution >= 4 is 5.65 Å². The normalized spacial score (nSPS) is 11.0. The van der Waals surface area contributed by atoms with Gasteiger partial charge in [-0.15, -0.1) is 0 Å². The van der Waals surface area contributed by atoms with E-state index < -0.39 is 0 Å².